The smallest absolute Gasteiger partial charge is 0.387 e. The molecule has 0 spiro atoms. The van der Waals surface area contributed by atoms with Crippen molar-refractivity contribution in [3.05, 3.63) is 23.5 Å². The van der Waals surface area contributed by atoms with Crippen LogP contribution in [0.25, 0.3) is 0 Å². The van der Waals surface area contributed by atoms with Gasteiger partial charge in [-0.15, -0.1) is 6.42 Å². The summed E-state index contributed by atoms with van der Waals surface area (Å²) in [6.45, 7) is 0. The number of hydrogen-bond donors (Lipinski definition) is 1. The maximum Gasteiger partial charge on any atom is 0.409 e. The molecule has 1 fully saturated rings. The van der Waals surface area contributed by atoms with Gasteiger partial charge in [0.1, 0.15) is 11.9 Å². The van der Waals surface area contributed by atoms with Gasteiger partial charge >= 0.3 is 12.2 Å². The fourth-order valence-corrected chi connectivity index (χ4v) is 2.42. The van der Waals surface area contributed by atoms with Crippen molar-refractivity contribution in [2.75, 3.05) is 24.3 Å². The summed E-state index contributed by atoms with van der Waals surface area (Å²) >= 11 is 0. The molecule has 24 heavy (non-hydrogen) atoms. The van der Waals surface area contributed by atoms with E-state index in [0.717, 1.165) is 19.2 Å². The van der Waals surface area contributed by atoms with Gasteiger partial charge in [0, 0.05) is 14.1 Å². The number of halogens is 4. The Hall–Kier alpha value is -2.76. The zero-order valence-corrected chi connectivity index (χ0v) is 12.7. The van der Waals surface area contributed by atoms with Gasteiger partial charge in [0.25, 0.3) is 0 Å². The van der Waals surface area contributed by atoms with Gasteiger partial charge in [0.05, 0.1) is 23.4 Å². The fraction of sp³-hybridized carbons (Fsp3) is 0.333. The molecule has 2 rings (SSSR count). The van der Waals surface area contributed by atoms with Gasteiger partial charge in [0.15, 0.2) is 0 Å². The Morgan fingerprint density at radius 3 is 2.46 bits per heavy atom. The Kier molecular flexibility index (Phi) is 4.42. The van der Waals surface area contributed by atoms with Crippen LogP contribution in [0.2, 0.25) is 0 Å². The molecule has 1 heterocycles. The van der Waals surface area contributed by atoms with Gasteiger partial charge in [-0.1, -0.05) is 5.92 Å². The second-order valence-electron chi connectivity index (χ2n) is 5.13. The number of terminal acetylenes is 1. The second kappa shape index (κ2) is 6.03. The number of rotatable bonds is 2. The van der Waals surface area contributed by atoms with Crippen molar-refractivity contribution in [1.82, 2.24) is 4.90 Å². The normalized spacial score (nSPS) is 18.6. The van der Waals surface area contributed by atoms with E-state index in [9.17, 15) is 27.2 Å². The number of carbonyl (C=O) groups excluding carboxylic acids is 2. The lowest BCUT2D eigenvalue weighted by atomic mass is 10.1. The molecule has 0 aromatic heterocycles. The summed E-state index contributed by atoms with van der Waals surface area (Å²) < 4.78 is 52.9. The number of benzene rings is 1. The number of urea groups is 1. The molecule has 0 radical (unpaired) electrons. The van der Waals surface area contributed by atoms with Crippen LogP contribution >= 0.6 is 0 Å². The molecule has 3 amide bonds. The van der Waals surface area contributed by atoms with Crippen LogP contribution in [0, 0.1) is 18.2 Å². The summed E-state index contributed by atoms with van der Waals surface area (Å²) in [5.41, 5.74) is -0.0481. The Morgan fingerprint density at radius 2 is 1.96 bits per heavy atom. The highest BCUT2D eigenvalue weighted by atomic mass is 19.4. The molecule has 0 saturated carbocycles. The molecule has 1 aliphatic heterocycles. The number of nitrogens with one attached hydrogen (secondary N) is 1. The largest absolute Gasteiger partial charge is 0.409 e. The maximum absolute atomic E-state index is 14.2. The molecule has 0 bridgehead atoms. The van der Waals surface area contributed by atoms with Crippen molar-refractivity contribution in [2.45, 2.75) is 18.6 Å². The minimum absolute atomic E-state index is 0.150. The SMILES string of the molecule is C#Cc1cc(F)c(N2C(=O)CC(C(F)(F)F)N(C)C2=O)cc1NC. The lowest BCUT2D eigenvalue weighted by Crippen LogP contribution is -2.60. The van der Waals surface area contributed by atoms with Crippen LogP contribution in [0.5, 0.6) is 0 Å². The van der Waals surface area contributed by atoms with Crippen LogP contribution in [-0.2, 0) is 4.79 Å². The minimum Gasteiger partial charge on any atom is -0.387 e. The molecule has 1 saturated heterocycles. The molecule has 1 aromatic carbocycles. The van der Waals surface area contributed by atoms with Crippen molar-refractivity contribution in [2.24, 2.45) is 0 Å². The number of anilines is 2. The van der Waals surface area contributed by atoms with Gasteiger partial charge in [0.2, 0.25) is 5.91 Å². The Labute approximate surface area is 135 Å². The molecule has 1 atom stereocenters. The highest BCUT2D eigenvalue weighted by Gasteiger charge is 2.51. The summed E-state index contributed by atoms with van der Waals surface area (Å²) in [4.78, 5) is 25.0. The highest BCUT2D eigenvalue weighted by Crippen LogP contribution is 2.35. The Balaban J connectivity index is 2.49. The number of hydrogen-bond acceptors (Lipinski definition) is 3. The van der Waals surface area contributed by atoms with Crippen LogP contribution < -0.4 is 10.2 Å². The minimum atomic E-state index is -4.76. The van der Waals surface area contributed by atoms with E-state index in [2.05, 4.69) is 11.2 Å². The van der Waals surface area contributed by atoms with Gasteiger partial charge in [-0.05, 0) is 12.1 Å². The molecule has 1 unspecified atom stereocenters. The summed E-state index contributed by atoms with van der Waals surface area (Å²) in [5.74, 6) is 0.0981. The molecule has 0 aliphatic carbocycles. The molecule has 5 nitrogen and oxygen atoms in total. The average Bonchev–Trinajstić information content (AvgIpc) is 2.50. The quantitative estimate of drug-likeness (QED) is 0.663. The van der Waals surface area contributed by atoms with E-state index in [4.69, 9.17) is 6.42 Å². The molecule has 128 valence electrons. The fourth-order valence-electron chi connectivity index (χ4n) is 2.42. The van der Waals surface area contributed by atoms with Crippen molar-refractivity contribution < 1.29 is 27.2 Å². The number of imide groups is 1. The first-order chi connectivity index (χ1) is 11.1. The van der Waals surface area contributed by atoms with E-state index < -0.39 is 42.1 Å². The monoisotopic (exact) mass is 343 g/mol. The predicted molar refractivity (Wildman–Crippen MR) is 79.0 cm³/mol. The summed E-state index contributed by atoms with van der Waals surface area (Å²) in [7, 11) is 2.40. The first-order valence-electron chi connectivity index (χ1n) is 6.76. The van der Waals surface area contributed by atoms with E-state index >= 15 is 0 Å². The van der Waals surface area contributed by atoms with Crippen LogP contribution in [0.3, 0.4) is 0 Å². The van der Waals surface area contributed by atoms with Gasteiger partial charge in [-0.2, -0.15) is 13.2 Å². The van der Waals surface area contributed by atoms with Gasteiger partial charge < -0.3 is 10.2 Å². The van der Waals surface area contributed by atoms with E-state index in [1.54, 1.807) is 0 Å². The number of carbonyl (C=O) groups is 2. The number of alkyl halides is 3. The maximum atomic E-state index is 14.2. The van der Waals surface area contributed by atoms with Crippen LogP contribution in [0.4, 0.5) is 33.7 Å². The van der Waals surface area contributed by atoms with Crippen molar-refractivity contribution in [3.8, 4) is 12.3 Å². The third-order valence-electron chi connectivity index (χ3n) is 3.71. The second-order valence-corrected chi connectivity index (χ2v) is 5.13. The number of amides is 3. The number of nitrogens with zero attached hydrogens (tertiary/aromatic N) is 2. The zero-order chi connectivity index (χ0) is 18.2. The van der Waals surface area contributed by atoms with Crippen LogP contribution in [0.1, 0.15) is 12.0 Å². The Morgan fingerprint density at radius 1 is 1.33 bits per heavy atom. The van der Waals surface area contributed by atoms with E-state index in [0.29, 0.717) is 9.80 Å². The molecule has 9 heteroatoms. The first-order valence-corrected chi connectivity index (χ1v) is 6.76. The van der Waals surface area contributed by atoms with Crippen molar-refractivity contribution in [1.29, 1.82) is 0 Å². The summed E-state index contributed by atoms with van der Waals surface area (Å²) in [6.07, 6.45) is -0.516. The van der Waals surface area contributed by atoms with Crippen LogP contribution in [0.15, 0.2) is 12.1 Å². The molecule has 1 N–H and O–H groups in total. The first kappa shape index (κ1) is 17.6. The standard InChI is InChI=1S/C15H13F4N3O2/c1-4-8-5-9(16)11(6-10(8)20-2)22-13(23)7-12(15(17,18)19)21(3)14(22)24/h1,5-6,12,20H,7H2,2-3H3. The summed E-state index contributed by atoms with van der Waals surface area (Å²) in [5, 5.41) is 2.68. The molecule has 1 aromatic rings. The highest BCUT2D eigenvalue weighted by molar-refractivity contribution is 6.16. The van der Waals surface area contributed by atoms with Gasteiger partial charge in [-0.3, -0.25) is 4.79 Å². The van der Waals surface area contributed by atoms with E-state index in [1.807, 2.05) is 0 Å². The zero-order valence-electron chi connectivity index (χ0n) is 12.7. The topological polar surface area (TPSA) is 52.7 Å². The molecular formula is C15H13F4N3O2. The lowest BCUT2D eigenvalue weighted by molar-refractivity contribution is -0.179. The summed E-state index contributed by atoms with van der Waals surface area (Å²) in [6, 6.07) is -1.46. The average molecular weight is 343 g/mol. The molecule has 1 aliphatic rings. The third kappa shape index (κ3) is 2.87. The van der Waals surface area contributed by atoms with Crippen molar-refractivity contribution >= 4 is 23.3 Å². The lowest BCUT2D eigenvalue weighted by Gasteiger charge is -2.38. The Bertz CT molecular complexity index is 739. The van der Waals surface area contributed by atoms with E-state index in [-0.39, 0.29) is 11.3 Å². The van der Waals surface area contributed by atoms with E-state index in [1.165, 1.54) is 7.05 Å². The third-order valence-corrected chi connectivity index (χ3v) is 3.71. The van der Waals surface area contributed by atoms with Crippen LogP contribution in [-0.4, -0.2) is 43.2 Å². The molecular weight excluding hydrogens is 330 g/mol. The van der Waals surface area contributed by atoms with Gasteiger partial charge in [-0.25, -0.2) is 14.1 Å². The predicted octanol–water partition coefficient (Wildman–Crippen LogP) is 2.57. The van der Waals surface area contributed by atoms with Crippen molar-refractivity contribution in [3.63, 3.8) is 0 Å².